The lowest BCUT2D eigenvalue weighted by molar-refractivity contribution is 0.160. The smallest absolute Gasteiger partial charge is 0.122 e. The van der Waals surface area contributed by atoms with Crippen molar-refractivity contribution >= 4 is 0 Å². The second-order valence-corrected chi connectivity index (χ2v) is 5.82. The average molecular weight is 264 g/mol. The van der Waals surface area contributed by atoms with Gasteiger partial charge >= 0.3 is 0 Å². The molecule has 19 heavy (non-hydrogen) atoms. The molecule has 0 atom stereocenters. The first kappa shape index (κ1) is 14.5. The third-order valence-corrected chi connectivity index (χ3v) is 4.07. The Labute approximate surface area is 117 Å². The molecule has 4 nitrogen and oxygen atoms in total. The van der Waals surface area contributed by atoms with E-state index in [2.05, 4.69) is 46.7 Å². The lowest BCUT2D eigenvalue weighted by Crippen LogP contribution is -2.45. The SMILES string of the molecule is CCCn1ccnc1CNC1CCN(C(C)C)CC1. The fourth-order valence-corrected chi connectivity index (χ4v) is 2.81. The summed E-state index contributed by atoms with van der Waals surface area (Å²) in [5.41, 5.74) is 0. The number of piperidine rings is 1. The Kier molecular flexibility index (Phi) is 5.40. The summed E-state index contributed by atoms with van der Waals surface area (Å²) in [6.45, 7) is 11.2. The number of likely N-dealkylation sites (tertiary alicyclic amines) is 1. The molecular weight excluding hydrogens is 236 g/mol. The van der Waals surface area contributed by atoms with Crippen LogP contribution in [0.3, 0.4) is 0 Å². The minimum atomic E-state index is 0.654. The molecule has 1 aliphatic rings. The zero-order valence-electron chi connectivity index (χ0n) is 12.6. The Hall–Kier alpha value is -0.870. The third kappa shape index (κ3) is 4.05. The van der Waals surface area contributed by atoms with Gasteiger partial charge in [-0.05, 0) is 46.2 Å². The molecule has 0 spiro atoms. The maximum atomic E-state index is 4.45. The van der Waals surface area contributed by atoms with Crippen LogP contribution in [0.2, 0.25) is 0 Å². The quantitative estimate of drug-likeness (QED) is 0.855. The highest BCUT2D eigenvalue weighted by molar-refractivity contribution is 4.93. The highest BCUT2D eigenvalue weighted by Gasteiger charge is 2.20. The lowest BCUT2D eigenvalue weighted by atomic mass is 10.0. The normalized spacial score (nSPS) is 18.3. The van der Waals surface area contributed by atoms with Gasteiger partial charge < -0.3 is 14.8 Å². The number of hydrogen-bond acceptors (Lipinski definition) is 3. The number of aryl methyl sites for hydroxylation is 1. The largest absolute Gasteiger partial charge is 0.334 e. The maximum absolute atomic E-state index is 4.45. The highest BCUT2D eigenvalue weighted by Crippen LogP contribution is 2.13. The van der Waals surface area contributed by atoms with Crippen LogP contribution in [0.5, 0.6) is 0 Å². The van der Waals surface area contributed by atoms with E-state index in [1.54, 1.807) is 0 Å². The molecule has 0 radical (unpaired) electrons. The molecule has 1 N–H and O–H groups in total. The van der Waals surface area contributed by atoms with Gasteiger partial charge in [0.25, 0.3) is 0 Å². The monoisotopic (exact) mass is 264 g/mol. The first-order chi connectivity index (χ1) is 9.20. The van der Waals surface area contributed by atoms with Crippen LogP contribution in [0.15, 0.2) is 12.4 Å². The first-order valence-electron chi connectivity index (χ1n) is 7.68. The van der Waals surface area contributed by atoms with Crippen LogP contribution < -0.4 is 5.32 Å². The van der Waals surface area contributed by atoms with E-state index >= 15 is 0 Å². The predicted octanol–water partition coefficient (Wildman–Crippen LogP) is 2.26. The van der Waals surface area contributed by atoms with Crippen molar-refractivity contribution in [3.8, 4) is 0 Å². The van der Waals surface area contributed by atoms with Crippen molar-refractivity contribution in [2.75, 3.05) is 13.1 Å². The summed E-state index contributed by atoms with van der Waals surface area (Å²) in [7, 11) is 0. The van der Waals surface area contributed by atoms with Crippen LogP contribution in [-0.4, -0.2) is 39.6 Å². The zero-order chi connectivity index (χ0) is 13.7. The van der Waals surface area contributed by atoms with Gasteiger partial charge in [-0.2, -0.15) is 0 Å². The van der Waals surface area contributed by atoms with E-state index in [1.807, 2.05) is 6.20 Å². The Bertz CT molecular complexity index is 364. The van der Waals surface area contributed by atoms with Crippen molar-refractivity contribution in [1.82, 2.24) is 19.8 Å². The topological polar surface area (TPSA) is 33.1 Å². The molecule has 0 saturated carbocycles. The molecule has 0 amide bonds. The fraction of sp³-hybridized carbons (Fsp3) is 0.800. The van der Waals surface area contributed by atoms with Crippen LogP contribution in [0.4, 0.5) is 0 Å². The number of hydrogen-bond donors (Lipinski definition) is 1. The van der Waals surface area contributed by atoms with E-state index in [1.165, 1.54) is 31.8 Å². The Balaban J connectivity index is 1.76. The molecular formula is C15H28N4. The van der Waals surface area contributed by atoms with Gasteiger partial charge in [0.1, 0.15) is 5.82 Å². The van der Waals surface area contributed by atoms with Crippen molar-refractivity contribution in [3.05, 3.63) is 18.2 Å². The molecule has 1 fully saturated rings. The lowest BCUT2D eigenvalue weighted by Gasteiger charge is -2.34. The maximum Gasteiger partial charge on any atom is 0.122 e. The first-order valence-corrected chi connectivity index (χ1v) is 7.68. The molecule has 1 aromatic rings. The zero-order valence-corrected chi connectivity index (χ0v) is 12.6. The number of aromatic nitrogens is 2. The summed E-state index contributed by atoms with van der Waals surface area (Å²) in [5.74, 6) is 1.17. The predicted molar refractivity (Wildman–Crippen MR) is 79.1 cm³/mol. The van der Waals surface area contributed by atoms with Gasteiger partial charge in [0.2, 0.25) is 0 Å². The van der Waals surface area contributed by atoms with Crippen LogP contribution >= 0.6 is 0 Å². The fourth-order valence-electron chi connectivity index (χ4n) is 2.81. The molecule has 1 saturated heterocycles. The molecule has 2 heterocycles. The van der Waals surface area contributed by atoms with Crippen molar-refractivity contribution < 1.29 is 0 Å². The summed E-state index contributed by atoms with van der Waals surface area (Å²) >= 11 is 0. The minimum Gasteiger partial charge on any atom is -0.334 e. The van der Waals surface area contributed by atoms with E-state index < -0.39 is 0 Å². The second kappa shape index (κ2) is 7.06. The van der Waals surface area contributed by atoms with E-state index in [-0.39, 0.29) is 0 Å². The molecule has 0 aromatic carbocycles. The number of nitrogens with zero attached hydrogens (tertiary/aromatic N) is 3. The van der Waals surface area contributed by atoms with Crippen LogP contribution in [0.25, 0.3) is 0 Å². The summed E-state index contributed by atoms with van der Waals surface area (Å²) in [5, 5.41) is 3.67. The van der Waals surface area contributed by atoms with Gasteiger partial charge in [0.05, 0.1) is 6.54 Å². The molecule has 1 aliphatic heterocycles. The molecule has 2 rings (SSSR count). The van der Waals surface area contributed by atoms with Crippen LogP contribution in [0, 0.1) is 0 Å². The molecule has 4 heteroatoms. The van der Waals surface area contributed by atoms with Gasteiger partial charge in [-0.3, -0.25) is 0 Å². The molecule has 108 valence electrons. The van der Waals surface area contributed by atoms with Gasteiger partial charge in [-0.15, -0.1) is 0 Å². The number of rotatable bonds is 6. The Morgan fingerprint density at radius 3 is 2.74 bits per heavy atom. The van der Waals surface area contributed by atoms with E-state index in [4.69, 9.17) is 0 Å². The van der Waals surface area contributed by atoms with Crippen molar-refractivity contribution in [3.63, 3.8) is 0 Å². The van der Waals surface area contributed by atoms with E-state index in [0.717, 1.165) is 19.5 Å². The van der Waals surface area contributed by atoms with Crippen LogP contribution in [0.1, 0.15) is 45.9 Å². The Morgan fingerprint density at radius 1 is 1.37 bits per heavy atom. The minimum absolute atomic E-state index is 0.654. The molecule has 0 unspecified atom stereocenters. The number of imidazole rings is 1. The third-order valence-electron chi connectivity index (χ3n) is 4.07. The summed E-state index contributed by atoms with van der Waals surface area (Å²) in [6, 6.07) is 1.34. The Morgan fingerprint density at radius 2 is 2.11 bits per heavy atom. The summed E-state index contributed by atoms with van der Waals surface area (Å²) in [4.78, 5) is 7.02. The summed E-state index contributed by atoms with van der Waals surface area (Å²) in [6.07, 6.45) is 7.67. The van der Waals surface area contributed by atoms with Crippen LogP contribution in [-0.2, 0) is 13.1 Å². The second-order valence-electron chi connectivity index (χ2n) is 5.82. The van der Waals surface area contributed by atoms with Gasteiger partial charge in [0.15, 0.2) is 0 Å². The van der Waals surface area contributed by atoms with Crippen molar-refractivity contribution in [2.24, 2.45) is 0 Å². The standard InChI is InChI=1S/C15H28N4/c1-4-8-19-11-7-16-15(19)12-17-14-5-9-18(10-6-14)13(2)3/h7,11,13-14,17H,4-6,8-10,12H2,1-3H3. The van der Waals surface area contributed by atoms with Gasteiger partial charge in [-0.25, -0.2) is 4.98 Å². The summed E-state index contributed by atoms with van der Waals surface area (Å²) < 4.78 is 2.26. The molecule has 0 bridgehead atoms. The van der Waals surface area contributed by atoms with Gasteiger partial charge in [-0.1, -0.05) is 6.92 Å². The van der Waals surface area contributed by atoms with E-state index in [9.17, 15) is 0 Å². The highest BCUT2D eigenvalue weighted by atomic mass is 15.2. The van der Waals surface area contributed by atoms with E-state index in [0.29, 0.717) is 12.1 Å². The molecule has 1 aromatic heterocycles. The van der Waals surface area contributed by atoms with Crippen molar-refractivity contribution in [1.29, 1.82) is 0 Å². The molecule has 0 aliphatic carbocycles. The van der Waals surface area contributed by atoms with Crippen molar-refractivity contribution in [2.45, 2.75) is 65.2 Å². The number of nitrogens with one attached hydrogen (secondary N) is 1. The van der Waals surface area contributed by atoms with Gasteiger partial charge in [0, 0.05) is 31.0 Å². The average Bonchev–Trinajstić information content (AvgIpc) is 2.85.